The fraction of sp³-hybridized carbons (Fsp3) is 0.346. The second-order valence-corrected chi connectivity index (χ2v) is 9.19. The molecule has 0 bridgehead atoms. The molecule has 1 saturated heterocycles. The standard InChI is InChI=1S/C26H28F3N7O/c27-26(28,29)25-33-21-23(30)31-17-32-24(21)36(25)16-20(37)15-34-11-13-35(14-12-34)22(18-7-3-1-4-8-18)19-9-5-2-6-10-19/h1-10,17,20,22,37H,11-16H2,(H2,30,31,32). The summed E-state index contributed by atoms with van der Waals surface area (Å²) in [5.74, 6) is -1.28. The highest BCUT2D eigenvalue weighted by molar-refractivity contribution is 5.81. The minimum atomic E-state index is -4.72. The summed E-state index contributed by atoms with van der Waals surface area (Å²) in [5.41, 5.74) is 7.96. The predicted octanol–water partition coefficient (Wildman–Crippen LogP) is 3.20. The number of hydrogen-bond acceptors (Lipinski definition) is 7. The van der Waals surface area contributed by atoms with E-state index in [0.717, 1.165) is 24.0 Å². The molecule has 0 saturated carbocycles. The van der Waals surface area contributed by atoms with E-state index < -0.39 is 18.1 Å². The molecule has 2 aromatic heterocycles. The van der Waals surface area contributed by atoms with Gasteiger partial charge in [0, 0.05) is 32.7 Å². The number of nitrogen functional groups attached to an aromatic ring is 1. The Kier molecular flexibility index (Phi) is 7.09. The number of alkyl halides is 3. The first-order valence-corrected chi connectivity index (χ1v) is 12.1. The average molecular weight is 512 g/mol. The van der Waals surface area contributed by atoms with Crippen LogP contribution in [0, 0.1) is 0 Å². The fourth-order valence-corrected chi connectivity index (χ4v) is 5.00. The van der Waals surface area contributed by atoms with Crippen LogP contribution in [0.3, 0.4) is 0 Å². The molecule has 1 fully saturated rings. The smallest absolute Gasteiger partial charge is 0.390 e. The average Bonchev–Trinajstić information content (AvgIpc) is 3.27. The monoisotopic (exact) mass is 511 g/mol. The maximum atomic E-state index is 13.7. The minimum absolute atomic E-state index is 0.0442. The number of hydrogen-bond donors (Lipinski definition) is 2. The maximum absolute atomic E-state index is 13.7. The van der Waals surface area contributed by atoms with Crippen LogP contribution in [0.25, 0.3) is 11.2 Å². The Labute approximate surface area is 212 Å². The second kappa shape index (κ2) is 10.4. The van der Waals surface area contributed by atoms with Gasteiger partial charge in [-0.25, -0.2) is 15.0 Å². The van der Waals surface area contributed by atoms with Gasteiger partial charge >= 0.3 is 6.18 Å². The van der Waals surface area contributed by atoms with Gasteiger partial charge in [0.25, 0.3) is 0 Å². The summed E-state index contributed by atoms with van der Waals surface area (Å²) in [6.07, 6.45) is -4.68. The summed E-state index contributed by atoms with van der Waals surface area (Å²) < 4.78 is 41.9. The normalized spacial score (nSPS) is 16.5. The summed E-state index contributed by atoms with van der Waals surface area (Å²) in [6.45, 7) is 2.79. The number of nitrogens with zero attached hydrogens (tertiary/aromatic N) is 6. The van der Waals surface area contributed by atoms with Gasteiger partial charge in [0.05, 0.1) is 18.7 Å². The van der Waals surface area contributed by atoms with Gasteiger partial charge < -0.3 is 15.4 Å². The van der Waals surface area contributed by atoms with Crippen LogP contribution >= 0.6 is 0 Å². The molecule has 3 N–H and O–H groups in total. The van der Waals surface area contributed by atoms with Gasteiger partial charge in [-0.05, 0) is 11.1 Å². The molecule has 2 aromatic carbocycles. The highest BCUT2D eigenvalue weighted by Gasteiger charge is 2.39. The van der Waals surface area contributed by atoms with Crippen LogP contribution in [0.1, 0.15) is 23.0 Å². The van der Waals surface area contributed by atoms with Crippen molar-refractivity contribution in [3.05, 3.63) is 83.9 Å². The molecule has 1 aliphatic rings. The van der Waals surface area contributed by atoms with E-state index in [2.05, 4.69) is 49.0 Å². The van der Waals surface area contributed by atoms with Crippen LogP contribution < -0.4 is 5.73 Å². The molecule has 5 rings (SSSR count). The summed E-state index contributed by atoms with van der Waals surface area (Å²) in [5, 5.41) is 10.8. The van der Waals surface area contributed by atoms with E-state index in [-0.39, 0.29) is 36.1 Å². The highest BCUT2D eigenvalue weighted by Crippen LogP contribution is 2.32. The largest absolute Gasteiger partial charge is 0.449 e. The molecular weight excluding hydrogens is 483 g/mol. The molecule has 3 heterocycles. The van der Waals surface area contributed by atoms with Crippen molar-refractivity contribution in [2.24, 2.45) is 0 Å². The van der Waals surface area contributed by atoms with Crippen LogP contribution in [0.4, 0.5) is 19.0 Å². The van der Waals surface area contributed by atoms with Crippen LogP contribution in [0.5, 0.6) is 0 Å². The molecule has 0 radical (unpaired) electrons. The van der Waals surface area contributed by atoms with Crippen molar-refractivity contribution in [2.75, 3.05) is 38.5 Å². The van der Waals surface area contributed by atoms with Gasteiger partial charge in [-0.15, -0.1) is 0 Å². The molecule has 1 atom stereocenters. The number of nitrogens with two attached hydrogens (primary N) is 1. The molecule has 0 amide bonds. The van der Waals surface area contributed by atoms with Gasteiger partial charge in [0.1, 0.15) is 6.33 Å². The zero-order valence-electron chi connectivity index (χ0n) is 20.1. The lowest BCUT2D eigenvalue weighted by molar-refractivity contribution is -0.147. The number of β-amino-alcohol motifs (C(OH)–C–C–N with tert-alkyl or cyclic N) is 1. The zero-order chi connectivity index (χ0) is 26.0. The van der Waals surface area contributed by atoms with Gasteiger partial charge in [0.15, 0.2) is 17.0 Å². The minimum Gasteiger partial charge on any atom is -0.390 e. The molecule has 1 aliphatic heterocycles. The van der Waals surface area contributed by atoms with Crippen molar-refractivity contribution in [3.8, 4) is 0 Å². The van der Waals surface area contributed by atoms with E-state index in [1.807, 2.05) is 36.4 Å². The van der Waals surface area contributed by atoms with Crippen molar-refractivity contribution in [1.82, 2.24) is 29.3 Å². The van der Waals surface area contributed by atoms with Crippen LogP contribution in [0.2, 0.25) is 0 Å². The third-order valence-electron chi connectivity index (χ3n) is 6.68. The van der Waals surface area contributed by atoms with Gasteiger partial charge in [-0.3, -0.25) is 9.80 Å². The predicted molar refractivity (Wildman–Crippen MR) is 133 cm³/mol. The fourth-order valence-electron chi connectivity index (χ4n) is 5.00. The molecule has 4 aromatic rings. The van der Waals surface area contributed by atoms with Crippen molar-refractivity contribution in [3.63, 3.8) is 0 Å². The third-order valence-corrected chi connectivity index (χ3v) is 6.68. The van der Waals surface area contributed by atoms with Gasteiger partial charge in [-0.2, -0.15) is 13.2 Å². The van der Waals surface area contributed by atoms with Gasteiger partial charge in [0.2, 0.25) is 5.82 Å². The Morgan fingerprint density at radius 3 is 2.03 bits per heavy atom. The number of aliphatic hydroxyl groups is 1. The van der Waals surface area contributed by atoms with E-state index in [1.165, 1.54) is 11.1 Å². The quantitative estimate of drug-likeness (QED) is 0.393. The maximum Gasteiger partial charge on any atom is 0.449 e. The number of imidazole rings is 1. The number of halogens is 3. The number of aromatic nitrogens is 4. The zero-order valence-corrected chi connectivity index (χ0v) is 20.1. The number of aliphatic hydroxyl groups excluding tert-OH is 1. The van der Waals surface area contributed by atoms with Crippen molar-refractivity contribution < 1.29 is 18.3 Å². The first-order chi connectivity index (χ1) is 17.8. The van der Waals surface area contributed by atoms with Crippen LogP contribution in [0.15, 0.2) is 67.0 Å². The summed E-state index contributed by atoms with van der Waals surface area (Å²) >= 11 is 0. The molecule has 0 spiro atoms. The number of piperazine rings is 1. The number of benzene rings is 2. The molecule has 1 unspecified atom stereocenters. The van der Waals surface area contributed by atoms with Crippen molar-refractivity contribution in [1.29, 1.82) is 0 Å². The van der Waals surface area contributed by atoms with Gasteiger partial charge in [-0.1, -0.05) is 60.7 Å². The molecular formula is C26H28F3N7O. The first-order valence-electron chi connectivity index (χ1n) is 12.1. The third kappa shape index (κ3) is 5.43. The van der Waals surface area contributed by atoms with E-state index >= 15 is 0 Å². The molecule has 8 nitrogen and oxygen atoms in total. The highest BCUT2D eigenvalue weighted by atomic mass is 19.4. The number of fused-ring (bicyclic) bond motifs is 1. The second-order valence-electron chi connectivity index (χ2n) is 9.19. The molecule has 11 heteroatoms. The Bertz CT molecular complexity index is 1280. The molecule has 194 valence electrons. The number of rotatable bonds is 7. The van der Waals surface area contributed by atoms with Crippen LogP contribution in [-0.4, -0.2) is 73.3 Å². The Morgan fingerprint density at radius 1 is 0.865 bits per heavy atom. The van der Waals surface area contributed by atoms with Crippen LogP contribution in [-0.2, 0) is 12.7 Å². The van der Waals surface area contributed by atoms with Crippen molar-refractivity contribution >= 4 is 17.0 Å². The lowest BCUT2D eigenvalue weighted by atomic mass is 9.96. The topological polar surface area (TPSA) is 96.3 Å². The Balaban J connectivity index is 1.27. The molecule has 37 heavy (non-hydrogen) atoms. The van der Waals surface area contributed by atoms with E-state index in [4.69, 9.17) is 5.73 Å². The molecule has 0 aliphatic carbocycles. The van der Waals surface area contributed by atoms with E-state index in [9.17, 15) is 18.3 Å². The van der Waals surface area contributed by atoms with E-state index in [1.54, 1.807) is 0 Å². The Morgan fingerprint density at radius 2 is 1.46 bits per heavy atom. The SMILES string of the molecule is Nc1ncnc2c1nc(C(F)(F)F)n2CC(O)CN1CCN(C(c2ccccc2)c2ccccc2)CC1. The van der Waals surface area contributed by atoms with Crippen molar-refractivity contribution in [2.45, 2.75) is 24.9 Å². The first kappa shape index (κ1) is 25.1. The Hall–Kier alpha value is -3.54. The lowest BCUT2D eigenvalue weighted by Crippen LogP contribution is -2.50. The summed E-state index contributed by atoms with van der Waals surface area (Å²) in [7, 11) is 0. The number of anilines is 1. The van der Waals surface area contributed by atoms with E-state index in [0.29, 0.717) is 13.1 Å². The lowest BCUT2D eigenvalue weighted by Gasteiger charge is -2.40. The summed E-state index contributed by atoms with van der Waals surface area (Å²) in [4.78, 5) is 15.8. The summed E-state index contributed by atoms with van der Waals surface area (Å²) in [6, 6.07) is 20.7.